The van der Waals surface area contributed by atoms with E-state index in [2.05, 4.69) is 61.8 Å². The maximum Gasteiger partial charge on any atom is 0.354 e. The number of esters is 1. The number of aryl methyl sites for hydroxylation is 8. The molecule has 7 rings (SSSR count). The Balaban J connectivity index is 1.37. The first kappa shape index (κ1) is 32.4. The fourth-order valence-electron chi connectivity index (χ4n) is 7.28. The zero-order valence-corrected chi connectivity index (χ0v) is 30.1. The van der Waals surface area contributed by atoms with Gasteiger partial charge in [0, 0.05) is 47.7 Å². The van der Waals surface area contributed by atoms with Crippen LogP contribution in [0.25, 0.3) is 32.9 Å². The van der Waals surface area contributed by atoms with Crippen molar-refractivity contribution in [3.05, 3.63) is 93.0 Å². The highest BCUT2D eigenvalue weighted by Crippen LogP contribution is 2.42. The number of ether oxygens (including phenoxy) is 2. The van der Waals surface area contributed by atoms with Gasteiger partial charge in [0.25, 0.3) is 0 Å². The summed E-state index contributed by atoms with van der Waals surface area (Å²) in [6, 6.07) is 17.0. The Kier molecular flexibility index (Phi) is 8.82. The zero-order chi connectivity index (χ0) is 33.7. The van der Waals surface area contributed by atoms with E-state index in [0.717, 1.165) is 92.2 Å². The molecule has 10 heteroatoms. The van der Waals surface area contributed by atoms with Gasteiger partial charge in [0.2, 0.25) is 0 Å². The smallest absolute Gasteiger partial charge is 0.354 e. The molecule has 0 saturated heterocycles. The van der Waals surface area contributed by atoms with Crippen molar-refractivity contribution in [2.45, 2.75) is 66.0 Å². The SMILES string of the molecule is COC(=O)c1c(C)c2c3c(Cl)ccc2n1CCCOc1cc(cc2cc(P)ccc12)CCc1cc(nn1C)CCCn1nc(C)c(C)c1-3. The summed E-state index contributed by atoms with van der Waals surface area (Å²) in [7, 11) is 6.26. The van der Waals surface area contributed by atoms with E-state index < -0.39 is 0 Å². The second-order valence-corrected chi connectivity index (χ2v) is 13.9. The number of aromatic nitrogens is 5. The molecule has 1 aliphatic heterocycles. The molecule has 0 amide bonds. The minimum atomic E-state index is -0.371. The molecule has 248 valence electrons. The molecule has 3 aromatic carbocycles. The van der Waals surface area contributed by atoms with Crippen LogP contribution in [0.5, 0.6) is 5.75 Å². The van der Waals surface area contributed by atoms with Gasteiger partial charge in [-0.3, -0.25) is 9.36 Å². The number of carbonyl (C=O) groups excluding carboxylic acids is 1. The molecule has 0 spiro atoms. The molecule has 0 saturated carbocycles. The van der Waals surface area contributed by atoms with Crippen molar-refractivity contribution >= 4 is 53.8 Å². The Morgan fingerprint density at radius 1 is 0.958 bits per heavy atom. The summed E-state index contributed by atoms with van der Waals surface area (Å²) in [5.41, 5.74) is 9.73. The Hall–Kier alpha value is -4.13. The van der Waals surface area contributed by atoms with Gasteiger partial charge in [0.05, 0.1) is 35.8 Å². The average Bonchev–Trinajstić information content (AvgIpc) is 3.66. The highest BCUT2D eigenvalue weighted by molar-refractivity contribution is 7.27. The van der Waals surface area contributed by atoms with Crippen LogP contribution in [0.2, 0.25) is 5.02 Å². The van der Waals surface area contributed by atoms with Crippen molar-refractivity contribution in [3.63, 3.8) is 0 Å². The topological polar surface area (TPSA) is 76.1 Å². The molecule has 1 atom stereocenters. The number of nitrogens with zero attached hydrogens (tertiary/aromatic N) is 5. The second kappa shape index (κ2) is 13.1. The van der Waals surface area contributed by atoms with Gasteiger partial charge in [0.1, 0.15) is 11.4 Å². The first-order valence-corrected chi connectivity index (χ1v) is 17.5. The highest BCUT2D eigenvalue weighted by atomic mass is 35.5. The van der Waals surface area contributed by atoms with Crippen LogP contribution in [0, 0.1) is 20.8 Å². The number of rotatable bonds is 1. The van der Waals surface area contributed by atoms with Crippen LogP contribution in [-0.4, -0.2) is 43.8 Å². The average molecular weight is 682 g/mol. The predicted octanol–water partition coefficient (Wildman–Crippen LogP) is 7.46. The van der Waals surface area contributed by atoms with E-state index in [0.29, 0.717) is 36.8 Å². The zero-order valence-electron chi connectivity index (χ0n) is 28.2. The molecule has 3 aromatic heterocycles. The fraction of sp³-hybridized carbons (Fsp3) is 0.342. The third-order valence-electron chi connectivity index (χ3n) is 9.75. The van der Waals surface area contributed by atoms with Crippen molar-refractivity contribution in [1.29, 1.82) is 0 Å². The first-order chi connectivity index (χ1) is 23.1. The molecule has 48 heavy (non-hydrogen) atoms. The number of hydrogen-bond donors (Lipinski definition) is 0. The highest BCUT2D eigenvalue weighted by Gasteiger charge is 2.27. The van der Waals surface area contributed by atoms with Gasteiger partial charge in [-0.15, -0.1) is 9.24 Å². The molecular formula is C38H41ClN5O3P. The lowest BCUT2D eigenvalue weighted by atomic mass is 9.99. The van der Waals surface area contributed by atoms with Crippen LogP contribution >= 0.6 is 20.8 Å². The Morgan fingerprint density at radius 2 is 1.79 bits per heavy atom. The van der Waals surface area contributed by atoms with Crippen molar-refractivity contribution < 1.29 is 14.3 Å². The van der Waals surface area contributed by atoms with Gasteiger partial charge in [0.15, 0.2) is 0 Å². The molecule has 1 aliphatic rings. The van der Waals surface area contributed by atoms with Crippen molar-refractivity contribution in [3.8, 4) is 17.0 Å². The molecule has 0 aliphatic carbocycles. The lowest BCUT2D eigenvalue weighted by Crippen LogP contribution is -2.13. The number of hydrogen-bond acceptors (Lipinski definition) is 5. The maximum atomic E-state index is 13.3. The van der Waals surface area contributed by atoms with Crippen LogP contribution in [0.3, 0.4) is 0 Å². The van der Waals surface area contributed by atoms with Crippen LogP contribution in [-0.2, 0) is 44.1 Å². The third-order valence-corrected chi connectivity index (χ3v) is 10.4. The summed E-state index contributed by atoms with van der Waals surface area (Å²) in [6.07, 6.45) is 4.14. The number of methoxy groups -OCH3 is 1. The number of halogens is 1. The largest absolute Gasteiger partial charge is 0.493 e. The predicted molar refractivity (Wildman–Crippen MR) is 196 cm³/mol. The van der Waals surface area contributed by atoms with Crippen molar-refractivity contribution in [2.75, 3.05) is 13.7 Å². The quantitative estimate of drug-likeness (QED) is 0.133. The molecule has 0 fully saturated rings. The molecule has 1 unspecified atom stereocenters. The number of fused-ring (bicyclic) bond motifs is 8. The molecule has 4 heterocycles. The molecule has 8 nitrogen and oxygen atoms in total. The summed E-state index contributed by atoms with van der Waals surface area (Å²) < 4.78 is 18.0. The lowest BCUT2D eigenvalue weighted by molar-refractivity contribution is 0.0587. The van der Waals surface area contributed by atoms with Crippen LogP contribution in [0.4, 0.5) is 0 Å². The molecule has 6 aromatic rings. The van der Waals surface area contributed by atoms with Crippen LogP contribution < -0.4 is 10.0 Å². The number of carbonyl (C=O) groups is 1. The summed E-state index contributed by atoms with van der Waals surface area (Å²) >= 11 is 7.06. The summed E-state index contributed by atoms with van der Waals surface area (Å²) in [6.45, 7) is 7.88. The number of benzene rings is 3. The van der Waals surface area contributed by atoms with Gasteiger partial charge >= 0.3 is 5.97 Å². The van der Waals surface area contributed by atoms with E-state index in [4.69, 9.17) is 31.3 Å². The van der Waals surface area contributed by atoms with E-state index in [9.17, 15) is 4.79 Å². The summed E-state index contributed by atoms with van der Waals surface area (Å²) in [5, 5.41) is 14.8. The Bertz CT molecular complexity index is 2210. The van der Waals surface area contributed by atoms with Gasteiger partial charge in [-0.05, 0) is 111 Å². The van der Waals surface area contributed by atoms with Crippen LogP contribution in [0.1, 0.15) is 57.1 Å². The van der Waals surface area contributed by atoms with E-state index in [1.165, 1.54) is 18.4 Å². The molecule has 8 bridgehead atoms. The molecule has 0 radical (unpaired) electrons. The maximum absolute atomic E-state index is 13.3. The molecule has 0 N–H and O–H groups in total. The fourth-order valence-corrected chi connectivity index (χ4v) is 7.80. The van der Waals surface area contributed by atoms with E-state index in [1.54, 1.807) is 0 Å². The second-order valence-electron chi connectivity index (χ2n) is 12.8. The van der Waals surface area contributed by atoms with E-state index in [1.807, 2.05) is 37.7 Å². The van der Waals surface area contributed by atoms with Gasteiger partial charge in [-0.25, -0.2) is 4.79 Å². The van der Waals surface area contributed by atoms with E-state index >= 15 is 0 Å². The van der Waals surface area contributed by atoms with Gasteiger partial charge in [-0.1, -0.05) is 29.8 Å². The Labute approximate surface area is 288 Å². The van der Waals surface area contributed by atoms with Crippen LogP contribution in [0.15, 0.2) is 48.5 Å². The summed E-state index contributed by atoms with van der Waals surface area (Å²) in [5.74, 6) is 0.503. The third kappa shape index (κ3) is 5.79. The lowest BCUT2D eigenvalue weighted by Gasteiger charge is -2.15. The summed E-state index contributed by atoms with van der Waals surface area (Å²) in [4.78, 5) is 13.3. The van der Waals surface area contributed by atoms with E-state index in [-0.39, 0.29) is 5.97 Å². The minimum absolute atomic E-state index is 0.371. The standard InChI is InChI=1S/C38H41ClN5O3P/c1-22-24(3)40-44-16-6-8-27-21-28(42(4)41-27)10-9-25-18-26-20-29(48)11-12-30(26)33(19-25)47-17-7-15-43-32-14-13-31(39)35(36(22)44)34(32)23(2)37(43)38(45)46-5/h11-14,18-21H,6-10,15-17,48H2,1-5H3. The normalized spacial score (nSPS) is 14.1. The Morgan fingerprint density at radius 3 is 2.60 bits per heavy atom. The minimum Gasteiger partial charge on any atom is -0.493 e. The van der Waals surface area contributed by atoms with Crippen molar-refractivity contribution in [2.24, 2.45) is 7.05 Å². The molecular weight excluding hydrogens is 641 g/mol. The first-order valence-electron chi connectivity index (χ1n) is 16.5. The van der Waals surface area contributed by atoms with Gasteiger partial charge in [-0.2, -0.15) is 10.2 Å². The van der Waals surface area contributed by atoms with Crippen molar-refractivity contribution in [1.82, 2.24) is 24.1 Å². The monoisotopic (exact) mass is 681 g/mol. The van der Waals surface area contributed by atoms with Gasteiger partial charge < -0.3 is 14.0 Å².